The number of nitrogens with one attached hydrogen (secondary N) is 2. The van der Waals surface area contributed by atoms with Gasteiger partial charge in [0.1, 0.15) is 5.52 Å². The number of benzene rings is 1. The number of aromatic amines is 1. The molecular weight excluding hydrogens is 380 g/mol. The lowest BCUT2D eigenvalue weighted by molar-refractivity contribution is 0.183. The third kappa shape index (κ3) is 3.20. The second kappa shape index (κ2) is 6.88. The van der Waals surface area contributed by atoms with E-state index in [1.807, 2.05) is 11.6 Å². The Kier molecular flexibility index (Phi) is 4.52. The van der Waals surface area contributed by atoms with Crippen molar-refractivity contribution in [3.8, 4) is 0 Å². The summed E-state index contributed by atoms with van der Waals surface area (Å²) < 4.78 is 30.8. The summed E-state index contributed by atoms with van der Waals surface area (Å²) in [5.41, 5.74) is 3.15. The molecule has 146 valence electrons. The zero-order valence-corrected chi connectivity index (χ0v) is 16.5. The molecule has 4 aromatic rings. The third-order valence-corrected chi connectivity index (χ3v) is 5.77. The summed E-state index contributed by atoms with van der Waals surface area (Å²) in [6.45, 7) is 3.20. The molecule has 10 heteroatoms. The smallest absolute Gasteiger partial charge is 0.175 e. The summed E-state index contributed by atoms with van der Waals surface area (Å²) in [4.78, 5) is 4.92. The Balaban J connectivity index is 1.80. The van der Waals surface area contributed by atoms with Crippen LogP contribution in [0.1, 0.15) is 5.69 Å². The van der Waals surface area contributed by atoms with E-state index in [-0.39, 0.29) is 4.90 Å². The molecule has 0 amide bonds. The molecule has 0 bridgehead atoms. The number of aromatic nitrogens is 5. The number of methoxy groups -OCH3 is 1. The van der Waals surface area contributed by atoms with E-state index in [0.717, 1.165) is 22.2 Å². The Morgan fingerprint density at radius 3 is 2.82 bits per heavy atom. The first-order chi connectivity index (χ1) is 13.4. The third-order valence-electron chi connectivity index (χ3n) is 4.66. The minimum atomic E-state index is -3.31. The molecule has 0 aliphatic carbocycles. The van der Waals surface area contributed by atoms with E-state index >= 15 is 0 Å². The Morgan fingerprint density at radius 2 is 2.07 bits per heavy atom. The fourth-order valence-electron chi connectivity index (χ4n) is 3.10. The van der Waals surface area contributed by atoms with Gasteiger partial charge in [0.15, 0.2) is 15.7 Å². The molecule has 0 fully saturated rings. The van der Waals surface area contributed by atoms with Crippen LogP contribution in [0.25, 0.3) is 21.8 Å². The van der Waals surface area contributed by atoms with Gasteiger partial charge < -0.3 is 10.1 Å². The SMILES string of the molecule is COCCn1ncc(Nc2nc3ccc(S(C)(=O)=O)cc3c3cn[nH]c23)c1C. The van der Waals surface area contributed by atoms with Crippen molar-refractivity contribution in [2.75, 3.05) is 25.3 Å². The van der Waals surface area contributed by atoms with E-state index in [0.29, 0.717) is 30.0 Å². The number of fused-ring (bicyclic) bond motifs is 3. The quantitative estimate of drug-likeness (QED) is 0.511. The van der Waals surface area contributed by atoms with Crippen molar-refractivity contribution in [1.29, 1.82) is 0 Å². The molecule has 0 aliphatic heterocycles. The van der Waals surface area contributed by atoms with Gasteiger partial charge in [0.2, 0.25) is 0 Å². The Hall–Kier alpha value is -2.98. The van der Waals surface area contributed by atoms with E-state index < -0.39 is 9.84 Å². The summed E-state index contributed by atoms with van der Waals surface area (Å²) in [6.07, 6.45) is 4.60. The Labute approximate surface area is 161 Å². The van der Waals surface area contributed by atoms with Crippen molar-refractivity contribution in [2.45, 2.75) is 18.4 Å². The molecule has 0 atom stereocenters. The topological polar surface area (TPSA) is 115 Å². The summed E-state index contributed by atoms with van der Waals surface area (Å²) in [6, 6.07) is 4.90. The van der Waals surface area contributed by atoms with Crippen LogP contribution in [0.3, 0.4) is 0 Å². The summed E-state index contributed by atoms with van der Waals surface area (Å²) in [5, 5.41) is 16.3. The van der Waals surface area contributed by atoms with Crippen molar-refractivity contribution in [3.63, 3.8) is 0 Å². The highest BCUT2D eigenvalue weighted by Crippen LogP contribution is 2.31. The number of H-pyrrole nitrogens is 1. The number of hydrogen-bond acceptors (Lipinski definition) is 7. The molecule has 0 radical (unpaired) electrons. The van der Waals surface area contributed by atoms with Gasteiger partial charge in [-0.3, -0.25) is 9.78 Å². The fraction of sp³-hybridized carbons (Fsp3) is 0.278. The average molecular weight is 400 g/mol. The summed E-state index contributed by atoms with van der Waals surface area (Å²) in [7, 11) is -1.66. The van der Waals surface area contributed by atoms with Crippen LogP contribution in [-0.2, 0) is 21.1 Å². The molecule has 0 unspecified atom stereocenters. The fourth-order valence-corrected chi connectivity index (χ4v) is 3.74. The van der Waals surface area contributed by atoms with Crippen LogP contribution >= 0.6 is 0 Å². The molecule has 1 aromatic carbocycles. The van der Waals surface area contributed by atoms with Gasteiger partial charge in [0, 0.05) is 24.1 Å². The van der Waals surface area contributed by atoms with E-state index in [4.69, 9.17) is 4.74 Å². The van der Waals surface area contributed by atoms with Gasteiger partial charge in [-0.05, 0) is 25.1 Å². The molecule has 0 aliphatic rings. The maximum absolute atomic E-state index is 11.9. The molecule has 3 heterocycles. The van der Waals surface area contributed by atoms with Gasteiger partial charge in [-0.2, -0.15) is 10.2 Å². The highest BCUT2D eigenvalue weighted by atomic mass is 32.2. The van der Waals surface area contributed by atoms with Gasteiger partial charge >= 0.3 is 0 Å². The van der Waals surface area contributed by atoms with Gasteiger partial charge in [-0.25, -0.2) is 13.4 Å². The monoisotopic (exact) mass is 400 g/mol. The lowest BCUT2D eigenvalue weighted by atomic mass is 10.1. The van der Waals surface area contributed by atoms with E-state index in [2.05, 4.69) is 25.6 Å². The first-order valence-corrected chi connectivity index (χ1v) is 10.5. The summed E-state index contributed by atoms with van der Waals surface area (Å²) >= 11 is 0. The van der Waals surface area contributed by atoms with E-state index in [9.17, 15) is 8.42 Å². The number of pyridine rings is 1. The number of hydrogen-bond donors (Lipinski definition) is 2. The number of ether oxygens (including phenoxy) is 1. The normalized spacial score (nSPS) is 12.1. The van der Waals surface area contributed by atoms with Crippen LogP contribution in [0.5, 0.6) is 0 Å². The molecule has 28 heavy (non-hydrogen) atoms. The van der Waals surface area contributed by atoms with E-state index in [1.54, 1.807) is 37.7 Å². The molecular formula is C18H20N6O3S. The number of anilines is 2. The maximum Gasteiger partial charge on any atom is 0.175 e. The maximum atomic E-state index is 11.9. The van der Waals surface area contributed by atoms with Crippen molar-refractivity contribution >= 4 is 43.1 Å². The molecule has 3 aromatic heterocycles. The minimum absolute atomic E-state index is 0.250. The minimum Gasteiger partial charge on any atom is -0.383 e. The molecule has 4 rings (SSSR count). The van der Waals surface area contributed by atoms with Gasteiger partial charge in [0.25, 0.3) is 0 Å². The highest BCUT2D eigenvalue weighted by molar-refractivity contribution is 7.90. The standard InChI is InChI=1S/C18H20N6O3S/c1-11-16(10-20-24(11)6-7-27-2)22-18-17-14(9-19-23-17)13-8-12(28(3,25)26)4-5-15(13)21-18/h4-5,8-10H,6-7H2,1-3H3,(H,19,23)(H,21,22). The second-order valence-corrected chi connectivity index (χ2v) is 8.57. The summed E-state index contributed by atoms with van der Waals surface area (Å²) in [5.74, 6) is 0.599. The molecule has 9 nitrogen and oxygen atoms in total. The largest absolute Gasteiger partial charge is 0.383 e. The molecule has 0 saturated heterocycles. The second-order valence-electron chi connectivity index (χ2n) is 6.55. The molecule has 0 spiro atoms. The number of sulfone groups is 1. The first-order valence-electron chi connectivity index (χ1n) is 8.64. The van der Waals surface area contributed by atoms with Crippen LogP contribution in [-0.4, -0.2) is 53.4 Å². The van der Waals surface area contributed by atoms with Gasteiger partial charge in [-0.15, -0.1) is 0 Å². The van der Waals surface area contributed by atoms with Crippen LogP contribution in [0.2, 0.25) is 0 Å². The average Bonchev–Trinajstić information content (AvgIpc) is 3.27. The molecule has 2 N–H and O–H groups in total. The van der Waals surface area contributed by atoms with Crippen molar-refractivity contribution in [3.05, 3.63) is 36.3 Å². The zero-order valence-electron chi connectivity index (χ0n) is 15.7. The first kappa shape index (κ1) is 18.4. The lowest BCUT2D eigenvalue weighted by Crippen LogP contribution is -2.07. The van der Waals surface area contributed by atoms with Crippen LogP contribution in [0.15, 0.2) is 35.5 Å². The van der Waals surface area contributed by atoms with Crippen LogP contribution in [0.4, 0.5) is 11.5 Å². The number of rotatable bonds is 6. The molecule has 0 saturated carbocycles. The highest BCUT2D eigenvalue weighted by Gasteiger charge is 2.15. The number of nitrogens with zero attached hydrogens (tertiary/aromatic N) is 4. The predicted molar refractivity (Wildman–Crippen MR) is 107 cm³/mol. The predicted octanol–water partition coefficient (Wildman–Crippen LogP) is 2.41. The van der Waals surface area contributed by atoms with Crippen LogP contribution < -0.4 is 5.32 Å². The van der Waals surface area contributed by atoms with Crippen LogP contribution in [0, 0.1) is 6.92 Å². The van der Waals surface area contributed by atoms with Gasteiger partial charge in [-0.1, -0.05) is 0 Å². The van der Waals surface area contributed by atoms with Crippen molar-refractivity contribution < 1.29 is 13.2 Å². The van der Waals surface area contributed by atoms with E-state index in [1.165, 1.54) is 6.26 Å². The van der Waals surface area contributed by atoms with Crippen molar-refractivity contribution in [2.24, 2.45) is 0 Å². The Bertz CT molecular complexity index is 1280. The van der Waals surface area contributed by atoms with Gasteiger partial charge in [0.05, 0.1) is 47.3 Å². The lowest BCUT2D eigenvalue weighted by Gasteiger charge is -2.10. The Morgan fingerprint density at radius 1 is 1.25 bits per heavy atom. The van der Waals surface area contributed by atoms with Crippen molar-refractivity contribution in [1.82, 2.24) is 25.0 Å². The zero-order chi connectivity index (χ0) is 19.9.